The topological polar surface area (TPSA) is 103 Å². The summed E-state index contributed by atoms with van der Waals surface area (Å²) in [5.74, 6) is -0.466. The van der Waals surface area contributed by atoms with E-state index in [-0.39, 0.29) is 19.4 Å². The molecule has 1 amide bonds. The summed E-state index contributed by atoms with van der Waals surface area (Å²) in [6, 6.07) is 9.56. The van der Waals surface area contributed by atoms with Crippen LogP contribution in [0.3, 0.4) is 0 Å². The van der Waals surface area contributed by atoms with E-state index >= 15 is 0 Å². The third kappa shape index (κ3) is 5.33. The number of aromatic nitrogens is 4. The average molecular weight is 529 g/mol. The van der Waals surface area contributed by atoms with Crippen molar-refractivity contribution >= 4 is 40.3 Å². The number of para-hydroxylation sites is 1. The van der Waals surface area contributed by atoms with Gasteiger partial charge in [-0.2, -0.15) is 5.10 Å². The van der Waals surface area contributed by atoms with Crippen LogP contribution in [0.4, 0.5) is 17.1 Å². The fraction of sp³-hybridized carbons (Fsp3) is 0.345. The zero-order chi connectivity index (χ0) is 27.4. The lowest BCUT2D eigenvalue weighted by molar-refractivity contribution is -0.141. The number of anilines is 3. The predicted octanol–water partition coefficient (Wildman–Crippen LogP) is 4.79. The lowest BCUT2D eigenvalue weighted by Gasteiger charge is -2.28. The van der Waals surface area contributed by atoms with Crippen LogP contribution >= 0.6 is 0 Å². The van der Waals surface area contributed by atoms with E-state index in [1.807, 2.05) is 66.3 Å². The van der Waals surface area contributed by atoms with Gasteiger partial charge in [0.15, 0.2) is 6.23 Å². The van der Waals surface area contributed by atoms with Crippen LogP contribution < -0.4 is 9.80 Å². The van der Waals surface area contributed by atoms with E-state index in [1.165, 1.54) is 4.90 Å². The molecule has 1 fully saturated rings. The summed E-state index contributed by atoms with van der Waals surface area (Å²) in [5.41, 5.74) is 5.75. The quantitative estimate of drug-likeness (QED) is 0.226. The molecule has 4 heterocycles. The van der Waals surface area contributed by atoms with Crippen molar-refractivity contribution in [1.29, 1.82) is 0 Å². The average Bonchev–Trinajstić information content (AvgIpc) is 3.41. The number of rotatable bonds is 9. The van der Waals surface area contributed by atoms with Gasteiger partial charge in [-0.3, -0.25) is 19.6 Å². The van der Waals surface area contributed by atoms with Crippen molar-refractivity contribution in [2.24, 2.45) is 0 Å². The van der Waals surface area contributed by atoms with Gasteiger partial charge in [-0.15, -0.1) is 0 Å². The highest BCUT2D eigenvalue weighted by Crippen LogP contribution is 2.37. The number of benzene rings is 1. The number of amides is 1. The van der Waals surface area contributed by atoms with Crippen molar-refractivity contribution in [3.8, 4) is 11.3 Å². The Kier molecular flexibility index (Phi) is 7.83. The van der Waals surface area contributed by atoms with Crippen LogP contribution in [0.1, 0.15) is 38.0 Å². The zero-order valence-corrected chi connectivity index (χ0v) is 22.4. The number of hydrogen-bond donors (Lipinski definition) is 0. The Morgan fingerprint density at radius 3 is 2.77 bits per heavy atom. The van der Waals surface area contributed by atoms with E-state index in [9.17, 15) is 9.59 Å². The Hall–Kier alpha value is -4.31. The van der Waals surface area contributed by atoms with E-state index in [0.717, 1.165) is 65.0 Å². The molecule has 0 saturated carbocycles. The van der Waals surface area contributed by atoms with Crippen LogP contribution in [-0.4, -0.2) is 58.9 Å². The van der Waals surface area contributed by atoms with Gasteiger partial charge in [0.2, 0.25) is 6.41 Å². The highest BCUT2D eigenvalue weighted by molar-refractivity contribution is 5.94. The molecular formula is C29H32N6O4. The molecule has 10 nitrogen and oxygen atoms in total. The van der Waals surface area contributed by atoms with Crippen LogP contribution in [0, 0.1) is 6.92 Å². The van der Waals surface area contributed by atoms with Crippen LogP contribution in [0.5, 0.6) is 0 Å². The number of hydrogen-bond acceptors (Lipinski definition) is 8. The molecule has 0 bridgehead atoms. The number of nitrogens with zero attached hydrogens (tertiary/aromatic N) is 6. The van der Waals surface area contributed by atoms with Gasteiger partial charge in [0.1, 0.15) is 6.54 Å². The molecule has 10 heteroatoms. The van der Waals surface area contributed by atoms with E-state index in [2.05, 4.69) is 10.1 Å². The minimum atomic E-state index is -0.466. The van der Waals surface area contributed by atoms with Crippen molar-refractivity contribution in [3.05, 3.63) is 60.7 Å². The Labute approximate surface area is 227 Å². The molecule has 202 valence electrons. The van der Waals surface area contributed by atoms with Gasteiger partial charge in [0, 0.05) is 30.8 Å². The van der Waals surface area contributed by atoms with Gasteiger partial charge >= 0.3 is 5.97 Å². The smallest absolute Gasteiger partial charge is 0.326 e. The second-order valence-electron chi connectivity index (χ2n) is 9.47. The van der Waals surface area contributed by atoms with Gasteiger partial charge in [-0.05, 0) is 56.9 Å². The molecule has 1 aliphatic heterocycles. The first-order chi connectivity index (χ1) is 19.0. The first kappa shape index (κ1) is 26.3. The molecule has 4 aromatic rings. The molecule has 1 saturated heterocycles. The first-order valence-electron chi connectivity index (χ1n) is 13.1. The minimum absolute atomic E-state index is 0.0737. The van der Waals surface area contributed by atoms with Gasteiger partial charge in [0.25, 0.3) is 0 Å². The van der Waals surface area contributed by atoms with Crippen molar-refractivity contribution in [2.45, 2.75) is 39.3 Å². The second kappa shape index (κ2) is 11.6. The lowest BCUT2D eigenvalue weighted by atomic mass is 10.1. The Morgan fingerprint density at radius 2 is 2.05 bits per heavy atom. The largest absolute Gasteiger partial charge is 0.465 e. The summed E-state index contributed by atoms with van der Waals surface area (Å²) >= 11 is 0. The van der Waals surface area contributed by atoms with Crippen molar-refractivity contribution in [2.75, 3.05) is 36.6 Å². The summed E-state index contributed by atoms with van der Waals surface area (Å²) < 4.78 is 12.9. The number of fused-ring (bicyclic) bond motifs is 1. The third-order valence-corrected chi connectivity index (χ3v) is 6.96. The number of esters is 1. The third-order valence-electron chi connectivity index (χ3n) is 6.96. The summed E-state index contributed by atoms with van der Waals surface area (Å²) in [5, 5.41) is 5.58. The molecule has 0 N–H and O–H groups in total. The maximum atomic E-state index is 12.1. The fourth-order valence-corrected chi connectivity index (χ4v) is 5.02. The zero-order valence-electron chi connectivity index (χ0n) is 22.4. The van der Waals surface area contributed by atoms with Crippen LogP contribution in [0.2, 0.25) is 0 Å². The summed E-state index contributed by atoms with van der Waals surface area (Å²) in [7, 11) is 1.91. The van der Waals surface area contributed by atoms with Crippen LogP contribution in [-0.2, 0) is 19.1 Å². The lowest BCUT2D eigenvalue weighted by Crippen LogP contribution is -2.31. The fourth-order valence-electron chi connectivity index (χ4n) is 5.02. The van der Waals surface area contributed by atoms with Crippen LogP contribution in [0.25, 0.3) is 22.2 Å². The van der Waals surface area contributed by atoms with Gasteiger partial charge in [-0.1, -0.05) is 12.1 Å². The molecule has 39 heavy (non-hydrogen) atoms. The van der Waals surface area contributed by atoms with Gasteiger partial charge in [0.05, 0.1) is 53.5 Å². The SMILES string of the molecule is CCOC(=O)CN(C=O)c1cccc(C)c1N(C)c1ccc(-c2cncc3c2cnn3C2CCCCO2)nc1. The van der Waals surface area contributed by atoms with Crippen LogP contribution in [0.15, 0.2) is 55.1 Å². The number of carbonyl (C=O) groups is 2. The number of pyridine rings is 2. The maximum absolute atomic E-state index is 12.1. The minimum Gasteiger partial charge on any atom is -0.465 e. The monoisotopic (exact) mass is 528 g/mol. The van der Waals surface area contributed by atoms with Crippen molar-refractivity contribution in [1.82, 2.24) is 19.7 Å². The molecule has 1 aromatic carbocycles. The van der Waals surface area contributed by atoms with Gasteiger partial charge in [-0.25, -0.2) is 4.68 Å². The second-order valence-corrected chi connectivity index (χ2v) is 9.47. The predicted molar refractivity (Wildman–Crippen MR) is 149 cm³/mol. The molecule has 3 aromatic heterocycles. The Morgan fingerprint density at radius 1 is 1.18 bits per heavy atom. The van der Waals surface area contributed by atoms with E-state index in [0.29, 0.717) is 12.1 Å². The number of carbonyl (C=O) groups excluding carboxylic acids is 2. The number of aryl methyl sites for hydroxylation is 1. The molecule has 1 atom stereocenters. The molecule has 1 unspecified atom stereocenters. The Balaban J connectivity index is 1.44. The van der Waals surface area contributed by atoms with E-state index in [1.54, 1.807) is 19.3 Å². The summed E-state index contributed by atoms with van der Waals surface area (Å²) in [4.78, 5) is 36.6. The molecule has 0 aliphatic carbocycles. The van der Waals surface area contributed by atoms with E-state index < -0.39 is 5.97 Å². The normalized spacial score (nSPS) is 15.2. The highest BCUT2D eigenvalue weighted by Gasteiger charge is 2.22. The molecule has 1 aliphatic rings. The first-order valence-corrected chi connectivity index (χ1v) is 13.1. The summed E-state index contributed by atoms with van der Waals surface area (Å²) in [6.07, 6.45) is 11.0. The van der Waals surface area contributed by atoms with E-state index in [4.69, 9.17) is 14.5 Å². The highest BCUT2D eigenvalue weighted by atomic mass is 16.5. The standard InChI is InChI=1S/C29H32N6O4/c1-4-38-28(37)18-34(19-36)25-9-7-8-20(2)29(25)33(3)21-11-12-24(31-14-21)22-15-30-17-26-23(22)16-32-35(26)27-10-5-6-13-39-27/h7-9,11-12,14-17,19,27H,4-6,10,13,18H2,1-3H3. The van der Waals surface area contributed by atoms with Crippen molar-refractivity contribution < 1.29 is 19.1 Å². The molecular weight excluding hydrogens is 496 g/mol. The van der Waals surface area contributed by atoms with Crippen molar-refractivity contribution in [3.63, 3.8) is 0 Å². The Bertz CT molecular complexity index is 1460. The number of ether oxygens (including phenoxy) is 2. The maximum Gasteiger partial charge on any atom is 0.326 e. The molecule has 0 radical (unpaired) electrons. The molecule has 5 rings (SSSR count). The van der Waals surface area contributed by atoms with Gasteiger partial charge < -0.3 is 19.3 Å². The summed E-state index contributed by atoms with van der Waals surface area (Å²) in [6.45, 7) is 4.52. The molecule has 0 spiro atoms.